The molecule has 2 aromatic carbocycles. The third kappa shape index (κ3) is 2.51. The van der Waals surface area contributed by atoms with E-state index in [2.05, 4.69) is 5.10 Å². The van der Waals surface area contributed by atoms with E-state index < -0.39 is 0 Å². The number of carbonyl (C=O) groups is 1. The summed E-state index contributed by atoms with van der Waals surface area (Å²) in [7, 11) is 0. The molecular weight excluding hydrogens is 326 g/mol. The van der Waals surface area contributed by atoms with Crippen LogP contribution in [0.15, 0.2) is 48.5 Å². The highest BCUT2D eigenvalue weighted by atomic mass is 35.5. The summed E-state index contributed by atoms with van der Waals surface area (Å²) in [4.78, 5) is 11.4. The zero-order chi connectivity index (χ0) is 15.7. The van der Waals surface area contributed by atoms with E-state index in [0.717, 1.165) is 0 Å². The van der Waals surface area contributed by atoms with E-state index in [1.54, 1.807) is 24.3 Å². The second-order valence-corrected chi connectivity index (χ2v) is 5.31. The summed E-state index contributed by atoms with van der Waals surface area (Å²) >= 11 is 12.4. The van der Waals surface area contributed by atoms with Gasteiger partial charge in [-0.15, -0.1) is 0 Å². The van der Waals surface area contributed by atoms with Crippen LogP contribution in [0.4, 0.5) is 4.39 Å². The molecular formula is C16H9Cl2FN2O. The number of nitrogens with zero attached hydrogens (tertiary/aromatic N) is 2. The number of carbonyl (C=O) groups excluding carboxylic acids is 1. The second-order valence-electron chi connectivity index (χ2n) is 4.54. The second kappa shape index (κ2) is 5.91. The first kappa shape index (κ1) is 14.8. The summed E-state index contributed by atoms with van der Waals surface area (Å²) in [6.07, 6.45) is 0.626. The highest BCUT2D eigenvalue weighted by Crippen LogP contribution is 2.31. The van der Waals surface area contributed by atoms with E-state index in [1.165, 1.54) is 28.9 Å². The fourth-order valence-electron chi connectivity index (χ4n) is 2.12. The van der Waals surface area contributed by atoms with Crippen molar-refractivity contribution in [2.75, 3.05) is 0 Å². The van der Waals surface area contributed by atoms with Gasteiger partial charge < -0.3 is 0 Å². The van der Waals surface area contributed by atoms with Crippen LogP contribution in [0.3, 0.4) is 0 Å². The minimum absolute atomic E-state index is 0.155. The summed E-state index contributed by atoms with van der Waals surface area (Å²) in [5.74, 6) is -0.368. The van der Waals surface area contributed by atoms with Gasteiger partial charge in [0, 0.05) is 5.56 Å². The van der Waals surface area contributed by atoms with Crippen LogP contribution >= 0.6 is 23.2 Å². The molecule has 0 amide bonds. The van der Waals surface area contributed by atoms with Gasteiger partial charge in [0.05, 0.1) is 16.3 Å². The van der Waals surface area contributed by atoms with Gasteiger partial charge in [-0.3, -0.25) is 4.79 Å². The zero-order valence-electron chi connectivity index (χ0n) is 11.1. The lowest BCUT2D eigenvalue weighted by Crippen LogP contribution is -1.97. The maximum Gasteiger partial charge on any atom is 0.155 e. The van der Waals surface area contributed by atoms with E-state index in [4.69, 9.17) is 23.2 Å². The molecule has 110 valence electrons. The van der Waals surface area contributed by atoms with E-state index in [9.17, 15) is 9.18 Å². The molecule has 0 spiro atoms. The van der Waals surface area contributed by atoms with Crippen molar-refractivity contribution < 1.29 is 9.18 Å². The van der Waals surface area contributed by atoms with Crippen LogP contribution in [-0.4, -0.2) is 16.1 Å². The predicted molar refractivity (Wildman–Crippen MR) is 84.4 cm³/mol. The summed E-state index contributed by atoms with van der Waals surface area (Å²) in [5, 5.41) is 4.97. The Balaban J connectivity index is 2.21. The van der Waals surface area contributed by atoms with Gasteiger partial charge in [0.15, 0.2) is 6.29 Å². The molecule has 0 aliphatic rings. The molecule has 3 nitrogen and oxygen atoms in total. The molecule has 6 heteroatoms. The van der Waals surface area contributed by atoms with Crippen LogP contribution in [-0.2, 0) is 0 Å². The lowest BCUT2D eigenvalue weighted by atomic mass is 10.1. The molecule has 1 aromatic heterocycles. The monoisotopic (exact) mass is 334 g/mol. The first-order valence-electron chi connectivity index (χ1n) is 6.36. The number of benzene rings is 2. The fourth-order valence-corrected chi connectivity index (χ4v) is 2.60. The minimum Gasteiger partial charge on any atom is -0.298 e. The van der Waals surface area contributed by atoms with Crippen molar-refractivity contribution >= 4 is 29.5 Å². The van der Waals surface area contributed by atoms with Crippen molar-refractivity contribution in [2.45, 2.75) is 0 Å². The quantitative estimate of drug-likeness (QED) is 0.645. The van der Waals surface area contributed by atoms with Crippen LogP contribution in [0.1, 0.15) is 10.4 Å². The maximum atomic E-state index is 13.0. The Hall–Kier alpha value is -2.17. The number of halogens is 3. The molecule has 0 fully saturated rings. The number of aromatic nitrogens is 2. The number of para-hydroxylation sites is 1. The molecule has 0 saturated carbocycles. The third-order valence-electron chi connectivity index (χ3n) is 3.18. The molecule has 0 bridgehead atoms. The van der Waals surface area contributed by atoms with Crippen LogP contribution in [0.25, 0.3) is 16.9 Å². The van der Waals surface area contributed by atoms with Gasteiger partial charge in [0.2, 0.25) is 0 Å². The van der Waals surface area contributed by atoms with Gasteiger partial charge in [-0.25, -0.2) is 9.07 Å². The molecule has 0 atom stereocenters. The molecule has 0 aliphatic carbocycles. The molecule has 22 heavy (non-hydrogen) atoms. The van der Waals surface area contributed by atoms with Crippen molar-refractivity contribution in [2.24, 2.45) is 0 Å². The van der Waals surface area contributed by atoms with E-state index in [1.807, 2.05) is 0 Å². The predicted octanol–water partition coefficient (Wildman–Crippen LogP) is 4.80. The van der Waals surface area contributed by atoms with Gasteiger partial charge in [0.25, 0.3) is 0 Å². The largest absolute Gasteiger partial charge is 0.298 e. The Morgan fingerprint density at radius 2 is 1.73 bits per heavy atom. The van der Waals surface area contributed by atoms with Gasteiger partial charge in [-0.05, 0) is 36.4 Å². The van der Waals surface area contributed by atoms with Crippen molar-refractivity contribution in [1.82, 2.24) is 9.78 Å². The number of aldehydes is 1. The van der Waals surface area contributed by atoms with Gasteiger partial charge in [-0.1, -0.05) is 35.3 Å². The summed E-state index contributed by atoms with van der Waals surface area (Å²) in [6, 6.07) is 12.7. The van der Waals surface area contributed by atoms with E-state index >= 15 is 0 Å². The van der Waals surface area contributed by atoms with Crippen molar-refractivity contribution in [3.63, 3.8) is 0 Å². The van der Waals surface area contributed by atoms with Gasteiger partial charge in [0.1, 0.15) is 16.7 Å². The molecule has 0 N–H and O–H groups in total. The molecule has 0 radical (unpaired) electrons. The van der Waals surface area contributed by atoms with Crippen LogP contribution < -0.4 is 0 Å². The summed E-state index contributed by atoms with van der Waals surface area (Å²) < 4.78 is 14.4. The lowest BCUT2D eigenvalue weighted by Gasteiger charge is -2.04. The number of rotatable bonds is 3. The van der Waals surface area contributed by atoms with E-state index in [0.29, 0.717) is 28.3 Å². The Bertz CT molecular complexity index is 844. The third-order valence-corrected chi connectivity index (χ3v) is 3.86. The average molecular weight is 335 g/mol. The average Bonchev–Trinajstić information content (AvgIpc) is 2.85. The van der Waals surface area contributed by atoms with Crippen LogP contribution in [0.2, 0.25) is 10.2 Å². The first-order chi connectivity index (χ1) is 10.6. The SMILES string of the molecule is O=Cc1c(-c2ccc(F)cc2)nn(-c2ccccc2Cl)c1Cl. The molecule has 0 unspecified atom stereocenters. The highest BCUT2D eigenvalue weighted by molar-refractivity contribution is 6.34. The van der Waals surface area contributed by atoms with Crippen molar-refractivity contribution in [3.8, 4) is 16.9 Å². The fraction of sp³-hybridized carbons (Fsp3) is 0. The Labute approximate surface area is 135 Å². The molecule has 0 aliphatic heterocycles. The maximum absolute atomic E-state index is 13.0. The zero-order valence-corrected chi connectivity index (χ0v) is 12.6. The van der Waals surface area contributed by atoms with E-state index in [-0.39, 0.29) is 16.5 Å². The standard InChI is InChI=1S/C16H9Cl2FN2O/c17-13-3-1-2-4-14(13)21-16(18)12(9-22)15(20-21)10-5-7-11(19)8-6-10/h1-9H. The van der Waals surface area contributed by atoms with Crippen molar-refractivity contribution in [3.05, 3.63) is 70.1 Å². The minimum atomic E-state index is -0.368. The summed E-state index contributed by atoms with van der Waals surface area (Å²) in [5.41, 5.74) is 1.76. The number of hydrogen-bond acceptors (Lipinski definition) is 2. The Kier molecular flexibility index (Phi) is 3.96. The topological polar surface area (TPSA) is 34.9 Å². The molecule has 3 aromatic rings. The van der Waals surface area contributed by atoms with Gasteiger partial charge >= 0.3 is 0 Å². The highest BCUT2D eigenvalue weighted by Gasteiger charge is 2.19. The summed E-state index contributed by atoms with van der Waals surface area (Å²) in [6.45, 7) is 0. The lowest BCUT2D eigenvalue weighted by molar-refractivity contribution is 0.112. The van der Waals surface area contributed by atoms with Gasteiger partial charge in [-0.2, -0.15) is 5.10 Å². The normalized spacial score (nSPS) is 10.7. The van der Waals surface area contributed by atoms with Crippen LogP contribution in [0, 0.1) is 5.82 Å². The Morgan fingerprint density at radius 3 is 2.36 bits per heavy atom. The first-order valence-corrected chi connectivity index (χ1v) is 7.12. The number of hydrogen-bond donors (Lipinski definition) is 0. The molecule has 3 rings (SSSR count). The Morgan fingerprint density at radius 1 is 1.05 bits per heavy atom. The van der Waals surface area contributed by atoms with Crippen LogP contribution in [0.5, 0.6) is 0 Å². The smallest absolute Gasteiger partial charge is 0.155 e. The molecule has 0 saturated heterocycles. The van der Waals surface area contributed by atoms with Crippen molar-refractivity contribution in [1.29, 1.82) is 0 Å². The molecule has 1 heterocycles.